The van der Waals surface area contributed by atoms with E-state index in [0.29, 0.717) is 34.6 Å². The van der Waals surface area contributed by atoms with E-state index in [1.165, 1.54) is 31.4 Å². The van der Waals surface area contributed by atoms with Crippen LogP contribution < -0.4 is 10.1 Å². The van der Waals surface area contributed by atoms with Crippen molar-refractivity contribution in [2.45, 2.75) is 27.3 Å². The average Bonchev–Trinajstić information content (AvgIpc) is 2.85. The number of ether oxygens (including phenoxy) is 1. The summed E-state index contributed by atoms with van der Waals surface area (Å²) in [5, 5.41) is 18.3. The lowest BCUT2D eigenvalue weighted by atomic mass is 10.2. The summed E-state index contributed by atoms with van der Waals surface area (Å²) in [6.45, 7) is 6.60. The molecule has 1 aromatic heterocycles. The highest BCUT2D eigenvalue weighted by Crippen LogP contribution is 2.29. The van der Waals surface area contributed by atoms with E-state index in [9.17, 15) is 14.9 Å². The van der Waals surface area contributed by atoms with Gasteiger partial charge in [0.2, 0.25) is 5.91 Å². The fourth-order valence-corrected chi connectivity index (χ4v) is 2.77. The summed E-state index contributed by atoms with van der Waals surface area (Å²) < 4.78 is 6.82. The molecule has 2 rings (SSSR count). The molecule has 0 aliphatic carbocycles. The summed E-state index contributed by atoms with van der Waals surface area (Å²) in [7, 11) is 1.42. The second-order valence-corrected chi connectivity index (χ2v) is 6.69. The molecule has 2 aromatic rings. The number of nitro groups is 1. The molecule has 27 heavy (non-hydrogen) atoms. The van der Waals surface area contributed by atoms with Crippen LogP contribution in [0.15, 0.2) is 24.3 Å². The number of anilines is 1. The van der Waals surface area contributed by atoms with Gasteiger partial charge in [-0.25, -0.2) is 0 Å². The molecule has 0 aliphatic heterocycles. The van der Waals surface area contributed by atoms with E-state index in [4.69, 9.17) is 16.3 Å². The molecule has 9 heteroatoms. The number of benzene rings is 1. The summed E-state index contributed by atoms with van der Waals surface area (Å²) in [6.07, 6.45) is 2.87. The number of hydrogen-bond acceptors (Lipinski definition) is 5. The zero-order valence-electron chi connectivity index (χ0n) is 15.5. The molecule has 1 aromatic carbocycles. The van der Waals surface area contributed by atoms with E-state index < -0.39 is 10.8 Å². The molecular weight excluding hydrogens is 372 g/mol. The zero-order valence-corrected chi connectivity index (χ0v) is 16.3. The maximum atomic E-state index is 12.2. The van der Waals surface area contributed by atoms with E-state index in [-0.39, 0.29) is 11.4 Å². The first kappa shape index (κ1) is 20.4. The summed E-state index contributed by atoms with van der Waals surface area (Å²) >= 11 is 6.34. The van der Waals surface area contributed by atoms with Crippen molar-refractivity contribution >= 4 is 35.0 Å². The molecule has 1 heterocycles. The minimum atomic E-state index is -0.544. The third-order valence-electron chi connectivity index (χ3n) is 3.70. The van der Waals surface area contributed by atoms with Crippen LogP contribution >= 0.6 is 11.6 Å². The quantitative estimate of drug-likeness (QED) is 0.435. The van der Waals surface area contributed by atoms with E-state index in [1.807, 2.05) is 6.92 Å². The van der Waals surface area contributed by atoms with Crippen molar-refractivity contribution in [1.29, 1.82) is 0 Å². The number of methoxy groups -OCH3 is 1. The molecule has 0 unspecified atom stereocenters. The molecule has 0 aliphatic rings. The molecule has 0 spiro atoms. The Morgan fingerprint density at radius 2 is 2.19 bits per heavy atom. The number of rotatable bonds is 7. The lowest BCUT2D eigenvalue weighted by Crippen LogP contribution is -2.09. The van der Waals surface area contributed by atoms with Crippen molar-refractivity contribution in [3.05, 3.63) is 50.8 Å². The average molecular weight is 393 g/mol. The number of carbonyl (C=O) groups excluding carboxylic acids is 1. The predicted molar refractivity (Wildman–Crippen MR) is 104 cm³/mol. The van der Waals surface area contributed by atoms with Gasteiger partial charge in [-0.2, -0.15) is 5.10 Å². The van der Waals surface area contributed by atoms with Gasteiger partial charge in [0.1, 0.15) is 10.9 Å². The Bertz CT molecular complexity index is 890. The summed E-state index contributed by atoms with van der Waals surface area (Å²) in [5.74, 6) is 0.227. The number of non-ortho nitro benzene ring substituents is 1. The van der Waals surface area contributed by atoms with Gasteiger partial charge in [0.25, 0.3) is 5.69 Å². The van der Waals surface area contributed by atoms with E-state index in [2.05, 4.69) is 24.3 Å². The van der Waals surface area contributed by atoms with Gasteiger partial charge >= 0.3 is 0 Å². The SMILES string of the molecule is COc1ccc([N+](=O)[O-])cc1NC(=O)/C=C/c1c(C)nn(CC(C)C)c1Cl. The highest BCUT2D eigenvalue weighted by Gasteiger charge is 2.14. The third kappa shape index (κ3) is 5.07. The Morgan fingerprint density at radius 1 is 1.48 bits per heavy atom. The molecule has 144 valence electrons. The maximum Gasteiger partial charge on any atom is 0.271 e. The Balaban J connectivity index is 2.20. The number of nitrogens with one attached hydrogen (secondary N) is 1. The fourth-order valence-electron chi connectivity index (χ4n) is 2.46. The Labute approximate surface area is 161 Å². The smallest absolute Gasteiger partial charge is 0.271 e. The number of aromatic nitrogens is 2. The Hall–Kier alpha value is -2.87. The molecule has 0 bridgehead atoms. The fraction of sp³-hybridized carbons (Fsp3) is 0.333. The predicted octanol–water partition coefficient (Wildman–Crippen LogP) is 4.07. The van der Waals surface area contributed by atoms with Crippen molar-refractivity contribution in [2.24, 2.45) is 5.92 Å². The minimum Gasteiger partial charge on any atom is -0.495 e. The summed E-state index contributed by atoms with van der Waals surface area (Å²) in [5.41, 5.74) is 1.42. The van der Waals surface area contributed by atoms with Gasteiger partial charge in [-0.1, -0.05) is 25.4 Å². The number of aryl methyl sites for hydroxylation is 1. The lowest BCUT2D eigenvalue weighted by Gasteiger charge is -2.08. The van der Waals surface area contributed by atoms with Crippen LogP contribution in [0.1, 0.15) is 25.1 Å². The maximum absolute atomic E-state index is 12.2. The van der Waals surface area contributed by atoms with Crippen LogP contribution in [0.2, 0.25) is 5.15 Å². The molecule has 1 amide bonds. The molecule has 8 nitrogen and oxygen atoms in total. The number of nitro benzene ring substituents is 1. The minimum absolute atomic E-state index is 0.149. The van der Waals surface area contributed by atoms with Gasteiger partial charge in [0.05, 0.1) is 23.4 Å². The zero-order chi connectivity index (χ0) is 20.1. The van der Waals surface area contributed by atoms with Crippen LogP contribution in [-0.2, 0) is 11.3 Å². The Kier molecular flexibility index (Phi) is 6.57. The first-order chi connectivity index (χ1) is 12.7. The van der Waals surface area contributed by atoms with Crippen LogP contribution in [0.4, 0.5) is 11.4 Å². The number of halogens is 1. The van der Waals surface area contributed by atoms with Crippen molar-refractivity contribution in [3.8, 4) is 5.75 Å². The molecule has 1 N–H and O–H groups in total. The van der Waals surface area contributed by atoms with Gasteiger partial charge in [-0.15, -0.1) is 0 Å². The van der Waals surface area contributed by atoms with Crippen molar-refractivity contribution in [2.75, 3.05) is 12.4 Å². The Morgan fingerprint density at radius 3 is 2.78 bits per heavy atom. The van der Waals surface area contributed by atoms with E-state index >= 15 is 0 Å². The van der Waals surface area contributed by atoms with Gasteiger partial charge in [0, 0.05) is 30.3 Å². The van der Waals surface area contributed by atoms with Crippen LogP contribution in [-0.4, -0.2) is 27.7 Å². The van der Waals surface area contributed by atoms with Crippen LogP contribution in [0, 0.1) is 23.0 Å². The largest absolute Gasteiger partial charge is 0.495 e. The molecule has 0 fully saturated rings. The second-order valence-electron chi connectivity index (χ2n) is 6.33. The first-order valence-corrected chi connectivity index (χ1v) is 8.65. The summed E-state index contributed by atoms with van der Waals surface area (Å²) in [4.78, 5) is 22.6. The molecule has 0 saturated carbocycles. The van der Waals surface area contributed by atoms with Gasteiger partial charge < -0.3 is 10.1 Å². The molecule has 0 radical (unpaired) electrons. The number of carbonyl (C=O) groups is 1. The topological polar surface area (TPSA) is 99.3 Å². The molecular formula is C18H21ClN4O4. The molecule has 0 atom stereocenters. The van der Waals surface area contributed by atoms with Gasteiger partial charge in [-0.05, 0) is 25.0 Å². The van der Waals surface area contributed by atoms with Gasteiger partial charge in [0.15, 0.2) is 0 Å². The normalized spacial score (nSPS) is 11.2. The van der Waals surface area contributed by atoms with Crippen LogP contribution in [0.25, 0.3) is 6.08 Å². The van der Waals surface area contributed by atoms with Crippen molar-refractivity contribution in [1.82, 2.24) is 9.78 Å². The molecule has 0 saturated heterocycles. The van der Waals surface area contributed by atoms with Crippen molar-refractivity contribution in [3.63, 3.8) is 0 Å². The van der Waals surface area contributed by atoms with Gasteiger partial charge in [-0.3, -0.25) is 19.6 Å². The van der Waals surface area contributed by atoms with Crippen LogP contribution in [0.3, 0.4) is 0 Å². The highest BCUT2D eigenvalue weighted by molar-refractivity contribution is 6.31. The van der Waals surface area contributed by atoms with E-state index in [1.54, 1.807) is 10.8 Å². The lowest BCUT2D eigenvalue weighted by molar-refractivity contribution is -0.384. The number of nitrogens with zero attached hydrogens (tertiary/aromatic N) is 3. The number of hydrogen-bond donors (Lipinski definition) is 1. The second kappa shape index (κ2) is 8.68. The summed E-state index contributed by atoms with van der Waals surface area (Å²) in [6, 6.07) is 3.97. The standard InChI is InChI=1S/C18H21ClN4O4/c1-11(2)10-22-18(19)14(12(3)21-22)6-8-17(24)20-15-9-13(23(25)26)5-7-16(15)27-4/h5-9,11H,10H2,1-4H3,(H,20,24)/b8-6+. The van der Waals surface area contributed by atoms with Crippen LogP contribution in [0.5, 0.6) is 5.75 Å². The third-order valence-corrected chi connectivity index (χ3v) is 4.10. The first-order valence-electron chi connectivity index (χ1n) is 8.27. The highest BCUT2D eigenvalue weighted by atomic mass is 35.5. The van der Waals surface area contributed by atoms with Crippen molar-refractivity contribution < 1.29 is 14.5 Å². The monoisotopic (exact) mass is 392 g/mol. The van der Waals surface area contributed by atoms with E-state index in [0.717, 1.165) is 0 Å². The number of amides is 1.